The van der Waals surface area contributed by atoms with E-state index < -0.39 is 0 Å². The number of para-hydroxylation sites is 2. The van der Waals surface area contributed by atoms with Crippen LogP contribution in [-0.2, 0) is 0 Å². The molecule has 0 aliphatic carbocycles. The summed E-state index contributed by atoms with van der Waals surface area (Å²) in [4.78, 5) is 4.42. The van der Waals surface area contributed by atoms with Crippen molar-refractivity contribution in [3.8, 4) is 17.2 Å². The van der Waals surface area contributed by atoms with Gasteiger partial charge in [0.2, 0.25) is 5.95 Å². The van der Waals surface area contributed by atoms with Crippen molar-refractivity contribution in [3.05, 3.63) is 48.7 Å². The van der Waals surface area contributed by atoms with Crippen LogP contribution in [0.3, 0.4) is 0 Å². The fourth-order valence-electron chi connectivity index (χ4n) is 2.32. The molecule has 2 N–H and O–H groups in total. The summed E-state index contributed by atoms with van der Waals surface area (Å²) < 4.78 is 15.9. The van der Waals surface area contributed by atoms with Gasteiger partial charge in [0.1, 0.15) is 17.2 Å². The molecule has 0 bridgehead atoms. The molecule has 1 aromatic heterocycles. The molecule has 3 aromatic rings. The second kappa shape index (κ2) is 8.02. The van der Waals surface area contributed by atoms with Crippen molar-refractivity contribution in [2.24, 2.45) is 0 Å². The number of anilines is 4. The summed E-state index contributed by atoms with van der Waals surface area (Å²) >= 11 is 0. The van der Waals surface area contributed by atoms with E-state index in [2.05, 4.69) is 25.8 Å². The second-order valence-electron chi connectivity index (χ2n) is 5.18. The fourth-order valence-corrected chi connectivity index (χ4v) is 2.32. The molecule has 134 valence electrons. The SMILES string of the molecule is COc1ccc(Nc2cnnc(Nc3ccccc3OC)n2)c(OC)c1. The van der Waals surface area contributed by atoms with E-state index in [0.717, 1.165) is 11.4 Å². The van der Waals surface area contributed by atoms with Crippen LogP contribution in [-0.4, -0.2) is 36.5 Å². The Morgan fingerprint density at radius 1 is 0.808 bits per heavy atom. The maximum atomic E-state index is 5.38. The molecule has 0 aliphatic rings. The number of rotatable bonds is 7. The van der Waals surface area contributed by atoms with Crippen LogP contribution in [0.15, 0.2) is 48.7 Å². The highest BCUT2D eigenvalue weighted by atomic mass is 16.5. The van der Waals surface area contributed by atoms with E-state index in [1.54, 1.807) is 27.4 Å². The molecule has 0 fully saturated rings. The van der Waals surface area contributed by atoms with Crippen LogP contribution in [0.1, 0.15) is 0 Å². The standard InChI is InChI=1S/C18H19N5O3/c1-24-12-8-9-14(16(10-12)26-3)20-17-11-19-23-18(22-17)21-13-6-4-5-7-15(13)25-2/h4-11H,1-3H3,(H2,20,21,22,23). The molecule has 8 nitrogen and oxygen atoms in total. The van der Waals surface area contributed by atoms with Crippen molar-refractivity contribution in [1.29, 1.82) is 0 Å². The van der Waals surface area contributed by atoms with E-state index in [1.807, 2.05) is 36.4 Å². The highest BCUT2D eigenvalue weighted by Gasteiger charge is 2.09. The lowest BCUT2D eigenvalue weighted by atomic mass is 10.2. The van der Waals surface area contributed by atoms with Crippen LogP contribution in [0.2, 0.25) is 0 Å². The predicted octanol–water partition coefficient (Wildman–Crippen LogP) is 3.38. The van der Waals surface area contributed by atoms with E-state index >= 15 is 0 Å². The first kappa shape index (κ1) is 17.3. The quantitative estimate of drug-likeness (QED) is 0.668. The molecule has 0 saturated heterocycles. The van der Waals surface area contributed by atoms with Crippen molar-refractivity contribution < 1.29 is 14.2 Å². The highest BCUT2D eigenvalue weighted by molar-refractivity contribution is 5.67. The van der Waals surface area contributed by atoms with Crippen molar-refractivity contribution in [3.63, 3.8) is 0 Å². The fraction of sp³-hybridized carbons (Fsp3) is 0.167. The Morgan fingerprint density at radius 2 is 1.58 bits per heavy atom. The molecule has 0 unspecified atom stereocenters. The minimum Gasteiger partial charge on any atom is -0.497 e. The van der Waals surface area contributed by atoms with E-state index in [4.69, 9.17) is 14.2 Å². The van der Waals surface area contributed by atoms with Crippen molar-refractivity contribution in [2.75, 3.05) is 32.0 Å². The van der Waals surface area contributed by atoms with Crippen LogP contribution in [0.5, 0.6) is 17.2 Å². The average molecular weight is 353 g/mol. The summed E-state index contributed by atoms with van der Waals surface area (Å²) in [5, 5.41) is 14.2. The molecule has 0 amide bonds. The van der Waals surface area contributed by atoms with Gasteiger partial charge in [-0.05, 0) is 24.3 Å². The first-order valence-electron chi connectivity index (χ1n) is 7.82. The molecular formula is C18H19N5O3. The Labute approximate surface area is 151 Å². The van der Waals surface area contributed by atoms with Gasteiger partial charge < -0.3 is 24.8 Å². The molecule has 0 spiro atoms. The number of ether oxygens (including phenoxy) is 3. The Hall–Kier alpha value is -3.55. The summed E-state index contributed by atoms with van der Waals surface area (Å²) in [5.41, 5.74) is 1.48. The molecule has 0 radical (unpaired) electrons. The second-order valence-corrected chi connectivity index (χ2v) is 5.18. The average Bonchev–Trinajstić information content (AvgIpc) is 2.69. The zero-order valence-corrected chi connectivity index (χ0v) is 14.7. The number of nitrogens with one attached hydrogen (secondary N) is 2. The van der Waals surface area contributed by atoms with E-state index in [-0.39, 0.29) is 0 Å². The molecule has 8 heteroatoms. The van der Waals surface area contributed by atoms with Gasteiger partial charge in [0, 0.05) is 6.07 Å². The minimum absolute atomic E-state index is 0.340. The lowest BCUT2D eigenvalue weighted by molar-refractivity contribution is 0.395. The maximum absolute atomic E-state index is 5.38. The van der Waals surface area contributed by atoms with E-state index in [9.17, 15) is 0 Å². The largest absolute Gasteiger partial charge is 0.497 e. The third-order valence-corrected chi connectivity index (χ3v) is 3.58. The Kier molecular flexibility index (Phi) is 5.33. The number of hydrogen-bond acceptors (Lipinski definition) is 8. The van der Waals surface area contributed by atoms with E-state index in [0.29, 0.717) is 29.0 Å². The summed E-state index contributed by atoms with van der Waals surface area (Å²) in [6.45, 7) is 0. The predicted molar refractivity (Wildman–Crippen MR) is 98.9 cm³/mol. The van der Waals surface area contributed by atoms with Crippen LogP contribution < -0.4 is 24.8 Å². The smallest absolute Gasteiger partial charge is 0.249 e. The molecule has 0 atom stereocenters. The van der Waals surface area contributed by atoms with Crippen molar-refractivity contribution in [2.45, 2.75) is 0 Å². The Morgan fingerprint density at radius 3 is 2.35 bits per heavy atom. The Bertz CT molecular complexity index is 888. The van der Waals surface area contributed by atoms with Gasteiger partial charge in [0.05, 0.1) is 38.9 Å². The molecule has 0 saturated carbocycles. The number of methoxy groups -OCH3 is 3. The van der Waals surface area contributed by atoms with Gasteiger partial charge in [-0.1, -0.05) is 12.1 Å². The molecule has 2 aromatic carbocycles. The van der Waals surface area contributed by atoms with Crippen molar-refractivity contribution in [1.82, 2.24) is 15.2 Å². The molecule has 0 aliphatic heterocycles. The minimum atomic E-state index is 0.340. The Balaban J connectivity index is 1.82. The van der Waals surface area contributed by atoms with E-state index in [1.165, 1.54) is 6.20 Å². The topological polar surface area (TPSA) is 90.4 Å². The third-order valence-electron chi connectivity index (χ3n) is 3.58. The normalized spacial score (nSPS) is 10.1. The first-order valence-corrected chi connectivity index (χ1v) is 7.82. The monoisotopic (exact) mass is 353 g/mol. The van der Waals surface area contributed by atoms with Gasteiger partial charge in [0.15, 0.2) is 5.82 Å². The first-order chi connectivity index (χ1) is 12.7. The van der Waals surface area contributed by atoms with Crippen LogP contribution in [0, 0.1) is 0 Å². The zero-order valence-electron chi connectivity index (χ0n) is 14.7. The number of nitrogens with zero attached hydrogens (tertiary/aromatic N) is 3. The number of aromatic nitrogens is 3. The number of hydrogen-bond donors (Lipinski definition) is 2. The molecule has 3 rings (SSSR count). The zero-order chi connectivity index (χ0) is 18.4. The van der Waals surface area contributed by atoms with Gasteiger partial charge in [0.25, 0.3) is 0 Å². The molecular weight excluding hydrogens is 334 g/mol. The number of benzene rings is 2. The highest BCUT2D eigenvalue weighted by Crippen LogP contribution is 2.31. The van der Waals surface area contributed by atoms with Crippen LogP contribution >= 0.6 is 0 Å². The lowest BCUT2D eigenvalue weighted by Gasteiger charge is -2.13. The van der Waals surface area contributed by atoms with Gasteiger partial charge in [-0.2, -0.15) is 10.1 Å². The van der Waals surface area contributed by atoms with Crippen LogP contribution in [0.25, 0.3) is 0 Å². The lowest BCUT2D eigenvalue weighted by Crippen LogP contribution is -2.04. The van der Waals surface area contributed by atoms with Crippen molar-refractivity contribution >= 4 is 23.1 Å². The summed E-state index contributed by atoms with van der Waals surface area (Å²) in [5.74, 6) is 2.87. The third kappa shape index (κ3) is 3.92. The maximum Gasteiger partial charge on any atom is 0.249 e. The summed E-state index contributed by atoms with van der Waals surface area (Å²) in [6.07, 6.45) is 1.52. The summed E-state index contributed by atoms with van der Waals surface area (Å²) in [7, 11) is 4.80. The van der Waals surface area contributed by atoms with Crippen LogP contribution in [0.4, 0.5) is 23.1 Å². The molecule has 26 heavy (non-hydrogen) atoms. The molecule has 1 heterocycles. The van der Waals surface area contributed by atoms with Gasteiger partial charge in [-0.15, -0.1) is 5.10 Å². The van der Waals surface area contributed by atoms with Gasteiger partial charge >= 0.3 is 0 Å². The van der Waals surface area contributed by atoms with Gasteiger partial charge in [-0.3, -0.25) is 0 Å². The summed E-state index contributed by atoms with van der Waals surface area (Å²) in [6, 6.07) is 12.9. The van der Waals surface area contributed by atoms with Gasteiger partial charge in [-0.25, -0.2) is 0 Å².